The van der Waals surface area contributed by atoms with Crippen LogP contribution in [0.15, 0.2) is 27.4 Å². The first-order chi connectivity index (χ1) is 13.6. The zero-order valence-electron chi connectivity index (χ0n) is 16.3. The van der Waals surface area contributed by atoms with Crippen molar-refractivity contribution in [3.05, 3.63) is 28.7 Å². The van der Waals surface area contributed by atoms with Crippen LogP contribution in [0.2, 0.25) is 0 Å². The Morgan fingerprint density at radius 3 is 2.68 bits per heavy atom. The molecule has 2 aliphatic rings. The number of oxazole rings is 1. The summed E-state index contributed by atoms with van der Waals surface area (Å²) in [5.41, 5.74) is 1.78. The van der Waals surface area contributed by atoms with Gasteiger partial charge in [0.2, 0.25) is 0 Å². The Morgan fingerprint density at radius 1 is 1.18 bits per heavy atom. The van der Waals surface area contributed by atoms with E-state index in [0.717, 1.165) is 39.1 Å². The molecule has 8 nitrogen and oxygen atoms in total. The fraction of sp³-hybridized carbons (Fsp3) is 0.600. The zero-order chi connectivity index (χ0) is 19.6. The number of carbonyl (C=O) groups is 1. The van der Waals surface area contributed by atoms with Crippen LogP contribution in [0.5, 0.6) is 0 Å². The number of nitrogens with one attached hydrogen (secondary N) is 2. The lowest BCUT2D eigenvalue weighted by atomic mass is 9.80. The van der Waals surface area contributed by atoms with Crippen molar-refractivity contribution in [3.63, 3.8) is 0 Å². The van der Waals surface area contributed by atoms with Crippen molar-refractivity contribution >= 4 is 22.8 Å². The van der Waals surface area contributed by atoms with E-state index in [1.807, 2.05) is 0 Å². The van der Waals surface area contributed by atoms with Crippen LogP contribution in [0, 0.1) is 0 Å². The Morgan fingerprint density at radius 2 is 1.93 bits per heavy atom. The van der Waals surface area contributed by atoms with Gasteiger partial charge in [-0.25, -0.2) is 9.59 Å². The second kappa shape index (κ2) is 7.97. The average Bonchev–Trinajstić information content (AvgIpc) is 3.01. The van der Waals surface area contributed by atoms with Crippen molar-refractivity contribution in [3.8, 4) is 0 Å². The van der Waals surface area contributed by atoms with Crippen LogP contribution in [-0.4, -0.2) is 53.9 Å². The van der Waals surface area contributed by atoms with Crippen LogP contribution in [0.1, 0.15) is 32.1 Å². The van der Waals surface area contributed by atoms with Gasteiger partial charge >= 0.3 is 11.8 Å². The van der Waals surface area contributed by atoms with Gasteiger partial charge in [0.25, 0.3) is 0 Å². The molecular weight excluding hydrogens is 360 g/mol. The summed E-state index contributed by atoms with van der Waals surface area (Å²) in [7, 11) is 1.66. The smallest absolute Gasteiger partial charge is 0.408 e. The van der Waals surface area contributed by atoms with E-state index >= 15 is 0 Å². The summed E-state index contributed by atoms with van der Waals surface area (Å²) in [4.78, 5) is 26.6. The number of amides is 2. The molecule has 0 spiro atoms. The molecule has 2 heterocycles. The first kappa shape index (κ1) is 19.0. The predicted molar refractivity (Wildman–Crippen MR) is 107 cm³/mol. The molecule has 1 aromatic heterocycles. The number of urea groups is 1. The largest absolute Gasteiger partial charge is 0.419 e. The Labute approximate surface area is 163 Å². The summed E-state index contributed by atoms with van der Waals surface area (Å²) < 4.78 is 12.1. The second-order valence-electron chi connectivity index (χ2n) is 7.80. The fourth-order valence-corrected chi connectivity index (χ4v) is 4.48. The van der Waals surface area contributed by atoms with Gasteiger partial charge in [0.15, 0.2) is 5.58 Å². The molecule has 0 atom stereocenters. The lowest BCUT2D eigenvalue weighted by Crippen LogP contribution is -2.60. The van der Waals surface area contributed by atoms with Crippen molar-refractivity contribution in [1.29, 1.82) is 0 Å². The van der Waals surface area contributed by atoms with Gasteiger partial charge in [-0.2, -0.15) is 0 Å². The molecule has 0 bridgehead atoms. The SMILES string of the molecule is Cn1c(=O)oc2cc(NC(=O)NCC3(N4CCOCC4)CCCCC3)ccc21. The van der Waals surface area contributed by atoms with Crippen LogP contribution in [0.3, 0.4) is 0 Å². The standard InChI is InChI=1S/C20H28N4O4/c1-23-16-6-5-15(13-17(16)28-19(23)26)22-18(25)21-14-20(7-3-2-4-8-20)24-9-11-27-12-10-24/h5-6,13H,2-4,7-12,14H2,1H3,(H2,21,22,25). The maximum absolute atomic E-state index is 12.5. The summed E-state index contributed by atoms with van der Waals surface area (Å²) in [6, 6.07) is 4.98. The molecule has 2 N–H and O–H groups in total. The molecule has 1 saturated carbocycles. The van der Waals surface area contributed by atoms with E-state index in [0.29, 0.717) is 23.3 Å². The molecule has 0 radical (unpaired) electrons. The Bertz CT molecular complexity index is 891. The number of fused-ring (bicyclic) bond motifs is 1. The number of aromatic nitrogens is 1. The highest BCUT2D eigenvalue weighted by atomic mass is 16.5. The van der Waals surface area contributed by atoms with E-state index in [2.05, 4.69) is 15.5 Å². The van der Waals surface area contributed by atoms with Crippen LogP contribution in [0.4, 0.5) is 10.5 Å². The maximum atomic E-state index is 12.5. The third-order valence-electron chi connectivity index (χ3n) is 6.09. The van der Waals surface area contributed by atoms with Gasteiger partial charge in [0.05, 0.1) is 18.7 Å². The molecule has 2 amide bonds. The number of carbonyl (C=O) groups excluding carboxylic acids is 1. The van der Waals surface area contributed by atoms with E-state index in [4.69, 9.17) is 9.15 Å². The summed E-state index contributed by atoms with van der Waals surface area (Å²) in [5, 5.41) is 5.93. The summed E-state index contributed by atoms with van der Waals surface area (Å²) >= 11 is 0. The monoisotopic (exact) mass is 388 g/mol. The van der Waals surface area contributed by atoms with Gasteiger partial charge in [0, 0.05) is 44.0 Å². The van der Waals surface area contributed by atoms with Crippen LogP contribution in [-0.2, 0) is 11.8 Å². The normalized spacial score (nSPS) is 20.2. The quantitative estimate of drug-likeness (QED) is 0.839. The minimum Gasteiger partial charge on any atom is -0.408 e. The Hall–Kier alpha value is -2.32. The number of rotatable bonds is 4. The lowest BCUT2D eigenvalue weighted by molar-refractivity contribution is -0.0356. The van der Waals surface area contributed by atoms with Crippen molar-refractivity contribution in [2.45, 2.75) is 37.6 Å². The minimum absolute atomic E-state index is 0.0234. The molecule has 1 aliphatic heterocycles. The number of nitrogens with zero attached hydrogens (tertiary/aromatic N) is 2. The third kappa shape index (κ3) is 3.79. The van der Waals surface area contributed by atoms with Crippen molar-refractivity contribution in [2.24, 2.45) is 7.05 Å². The summed E-state index contributed by atoms with van der Waals surface area (Å²) in [5.74, 6) is -0.415. The predicted octanol–water partition coefficient (Wildman–Crippen LogP) is 2.29. The molecule has 1 saturated heterocycles. The number of hydrogen-bond donors (Lipinski definition) is 2. The van der Waals surface area contributed by atoms with Crippen LogP contribution >= 0.6 is 0 Å². The highest BCUT2D eigenvalue weighted by Gasteiger charge is 2.38. The number of aryl methyl sites for hydroxylation is 1. The third-order valence-corrected chi connectivity index (χ3v) is 6.09. The molecule has 8 heteroatoms. The molecule has 1 aromatic carbocycles. The zero-order valence-corrected chi connectivity index (χ0v) is 16.3. The van der Waals surface area contributed by atoms with Gasteiger partial charge in [-0.1, -0.05) is 19.3 Å². The van der Waals surface area contributed by atoms with Crippen LogP contribution < -0.4 is 16.4 Å². The fourth-order valence-electron chi connectivity index (χ4n) is 4.48. The van der Waals surface area contributed by atoms with Gasteiger partial charge in [0.1, 0.15) is 0 Å². The van der Waals surface area contributed by atoms with Gasteiger partial charge in [-0.15, -0.1) is 0 Å². The Kier molecular flexibility index (Phi) is 5.41. The highest BCUT2D eigenvalue weighted by molar-refractivity contribution is 5.91. The van der Waals surface area contributed by atoms with E-state index < -0.39 is 5.76 Å². The Balaban J connectivity index is 1.41. The summed E-state index contributed by atoms with van der Waals surface area (Å²) in [6.07, 6.45) is 5.87. The van der Waals surface area contributed by atoms with Crippen molar-refractivity contribution in [2.75, 3.05) is 38.2 Å². The number of hydrogen-bond acceptors (Lipinski definition) is 5. The minimum atomic E-state index is -0.415. The van der Waals surface area contributed by atoms with Crippen molar-refractivity contribution in [1.82, 2.24) is 14.8 Å². The molecule has 152 valence electrons. The summed E-state index contributed by atoms with van der Waals surface area (Å²) in [6.45, 7) is 3.99. The highest BCUT2D eigenvalue weighted by Crippen LogP contribution is 2.33. The van der Waals surface area contributed by atoms with E-state index in [-0.39, 0.29) is 11.6 Å². The molecule has 0 unspecified atom stereocenters. The van der Waals surface area contributed by atoms with Crippen LogP contribution in [0.25, 0.3) is 11.1 Å². The first-order valence-electron chi connectivity index (χ1n) is 10.0. The lowest BCUT2D eigenvalue weighted by Gasteiger charge is -2.48. The number of ether oxygens (including phenoxy) is 1. The van der Waals surface area contributed by atoms with E-state index in [1.54, 1.807) is 25.2 Å². The first-order valence-corrected chi connectivity index (χ1v) is 10.0. The molecule has 4 rings (SSSR count). The van der Waals surface area contributed by atoms with E-state index in [1.165, 1.54) is 23.8 Å². The molecular formula is C20H28N4O4. The molecule has 28 heavy (non-hydrogen) atoms. The van der Waals surface area contributed by atoms with Crippen molar-refractivity contribution < 1.29 is 13.9 Å². The second-order valence-corrected chi connectivity index (χ2v) is 7.80. The topological polar surface area (TPSA) is 88.7 Å². The van der Waals surface area contributed by atoms with Gasteiger partial charge in [-0.05, 0) is 25.0 Å². The maximum Gasteiger partial charge on any atom is 0.419 e. The van der Waals surface area contributed by atoms with Gasteiger partial charge in [-0.3, -0.25) is 9.47 Å². The molecule has 2 fully saturated rings. The average molecular weight is 388 g/mol. The molecule has 2 aromatic rings. The number of anilines is 1. The van der Waals surface area contributed by atoms with E-state index in [9.17, 15) is 9.59 Å². The van der Waals surface area contributed by atoms with Gasteiger partial charge < -0.3 is 19.8 Å². The number of benzene rings is 1. The number of morpholine rings is 1. The molecule has 1 aliphatic carbocycles.